The van der Waals surface area contributed by atoms with Gasteiger partial charge in [0.05, 0.1) is 13.2 Å². The van der Waals surface area contributed by atoms with E-state index in [1.54, 1.807) is 0 Å². The van der Waals surface area contributed by atoms with Gasteiger partial charge in [-0.05, 0) is 61.0 Å². The van der Waals surface area contributed by atoms with E-state index in [9.17, 15) is 4.79 Å². The van der Waals surface area contributed by atoms with Crippen molar-refractivity contribution in [3.8, 4) is 5.75 Å². The van der Waals surface area contributed by atoms with Crippen LogP contribution in [0.2, 0.25) is 0 Å². The van der Waals surface area contributed by atoms with E-state index in [0.29, 0.717) is 12.3 Å². The number of hydrogen-bond donors (Lipinski definition) is 2. The maximum atomic E-state index is 12.1. The summed E-state index contributed by atoms with van der Waals surface area (Å²) in [7, 11) is 0. The molecule has 3 aromatic rings. The molecule has 1 saturated heterocycles. The topological polar surface area (TPSA) is 62.8 Å². The number of aryl methyl sites for hydroxylation is 1. The molecule has 1 heterocycles. The number of morpholine rings is 1. The first-order valence-corrected chi connectivity index (χ1v) is 10.9. The molecule has 1 aliphatic rings. The molecule has 32 heavy (non-hydrogen) atoms. The van der Waals surface area contributed by atoms with Crippen LogP contribution in [0.15, 0.2) is 72.8 Å². The Hall–Kier alpha value is -3.51. The lowest BCUT2D eigenvalue weighted by molar-refractivity contribution is -0.118. The zero-order valence-corrected chi connectivity index (χ0v) is 18.3. The van der Waals surface area contributed by atoms with E-state index in [0.717, 1.165) is 48.8 Å². The van der Waals surface area contributed by atoms with Crippen molar-refractivity contribution >= 4 is 23.0 Å². The van der Waals surface area contributed by atoms with Crippen LogP contribution in [-0.4, -0.2) is 38.8 Å². The number of anilines is 3. The third-order valence-corrected chi connectivity index (χ3v) is 5.37. The highest BCUT2D eigenvalue weighted by molar-refractivity contribution is 5.91. The van der Waals surface area contributed by atoms with Crippen LogP contribution in [0.3, 0.4) is 0 Å². The monoisotopic (exact) mass is 431 g/mol. The smallest absolute Gasteiger partial charge is 0.262 e. The number of carbonyl (C=O) groups is 1. The molecular weight excluding hydrogens is 402 g/mol. The Labute approximate surface area is 189 Å². The Bertz CT molecular complexity index is 996. The van der Waals surface area contributed by atoms with Crippen molar-refractivity contribution in [3.05, 3.63) is 83.9 Å². The van der Waals surface area contributed by atoms with Gasteiger partial charge >= 0.3 is 0 Å². The average Bonchev–Trinajstić information content (AvgIpc) is 2.84. The van der Waals surface area contributed by atoms with E-state index in [-0.39, 0.29) is 12.5 Å². The second-order valence-electron chi connectivity index (χ2n) is 7.85. The summed E-state index contributed by atoms with van der Waals surface area (Å²) in [5.74, 6) is 0.489. The number of carbonyl (C=O) groups excluding carboxylic acids is 1. The molecule has 6 nitrogen and oxygen atoms in total. The number of rotatable bonds is 8. The van der Waals surface area contributed by atoms with Gasteiger partial charge < -0.3 is 25.0 Å². The SMILES string of the molecule is Cc1ccc(NC(=O)COc2ccc(CNc3ccc(N4CCOCC4)cc3)cc2)cc1. The molecule has 0 bridgehead atoms. The van der Waals surface area contributed by atoms with Gasteiger partial charge in [0.15, 0.2) is 6.61 Å². The lowest BCUT2D eigenvalue weighted by atomic mass is 10.2. The molecule has 1 aliphatic heterocycles. The molecule has 1 amide bonds. The highest BCUT2D eigenvalue weighted by Gasteiger charge is 2.10. The molecule has 1 fully saturated rings. The van der Waals surface area contributed by atoms with Crippen LogP contribution in [0.25, 0.3) is 0 Å². The largest absolute Gasteiger partial charge is 0.484 e. The molecule has 2 N–H and O–H groups in total. The van der Waals surface area contributed by atoms with E-state index in [4.69, 9.17) is 9.47 Å². The zero-order chi connectivity index (χ0) is 22.2. The van der Waals surface area contributed by atoms with Crippen LogP contribution in [0.1, 0.15) is 11.1 Å². The number of ether oxygens (including phenoxy) is 2. The predicted molar refractivity (Wildman–Crippen MR) is 129 cm³/mol. The van der Waals surface area contributed by atoms with E-state index in [2.05, 4.69) is 39.8 Å². The molecule has 4 rings (SSSR count). The van der Waals surface area contributed by atoms with Gasteiger partial charge in [-0.15, -0.1) is 0 Å². The lowest BCUT2D eigenvalue weighted by Crippen LogP contribution is -2.36. The normalized spacial score (nSPS) is 13.5. The second kappa shape index (κ2) is 10.7. The second-order valence-corrected chi connectivity index (χ2v) is 7.85. The zero-order valence-electron chi connectivity index (χ0n) is 18.3. The third kappa shape index (κ3) is 6.25. The molecule has 0 spiro atoms. The molecule has 0 aliphatic carbocycles. The molecule has 3 aromatic carbocycles. The summed E-state index contributed by atoms with van der Waals surface area (Å²) < 4.78 is 11.0. The van der Waals surface area contributed by atoms with Gasteiger partial charge in [0.2, 0.25) is 0 Å². The summed E-state index contributed by atoms with van der Waals surface area (Å²) >= 11 is 0. The maximum absolute atomic E-state index is 12.1. The molecule has 0 atom stereocenters. The fourth-order valence-corrected chi connectivity index (χ4v) is 3.50. The van der Waals surface area contributed by atoms with Crippen molar-refractivity contribution in [1.82, 2.24) is 0 Å². The van der Waals surface area contributed by atoms with Crippen LogP contribution in [0.4, 0.5) is 17.1 Å². The van der Waals surface area contributed by atoms with Gasteiger partial charge in [0.1, 0.15) is 5.75 Å². The average molecular weight is 432 g/mol. The summed E-state index contributed by atoms with van der Waals surface area (Å²) in [4.78, 5) is 14.4. The standard InChI is InChI=1S/C26H29N3O3/c1-20-2-6-23(7-3-20)28-26(30)19-32-25-12-4-21(5-13-25)18-27-22-8-10-24(11-9-22)29-14-16-31-17-15-29/h2-13,27H,14-19H2,1H3,(H,28,30). The fraction of sp³-hybridized carbons (Fsp3) is 0.269. The summed E-state index contributed by atoms with van der Waals surface area (Å²) in [5.41, 5.74) is 5.36. The number of nitrogens with one attached hydrogen (secondary N) is 2. The number of nitrogens with zero attached hydrogens (tertiary/aromatic N) is 1. The highest BCUT2D eigenvalue weighted by atomic mass is 16.5. The molecule has 6 heteroatoms. The first-order valence-electron chi connectivity index (χ1n) is 10.9. The van der Waals surface area contributed by atoms with Gasteiger partial charge in [0.25, 0.3) is 5.91 Å². The van der Waals surface area contributed by atoms with Crippen molar-refractivity contribution < 1.29 is 14.3 Å². The van der Waals surface area contributed by atoms with E-state index in [1.165, 1.54) is 5.69 Å². The van der Waals surface area contributed by atoms with Gasteiger partial charge in [0, 0.05) is 36.7 Å². The molecule has 0 saturated carbocycles. The van der Waals surface area contributed by atoms with E-state index in [1.807, 2.05) is 55.5 Å². The van der Waals surface area contributed by atoms with E-state index < -0.39 is 0 Å². The Balaban J connectivity index is 1.21. The summed E-state index contributed by atoms with van der Waals surface area (Å²) in [6, 6.07) is 24.0. The Morgan fingerprint density at radius 3 is 2.25 bits per heavy atom. The van der Waals surface area contributed by atoms with Crippen LogP contribution >= 0.6 is 0 Å². The van der Waals surface area contributed by atoms with Crippen LogP contribution in [0.5, 0.6) is 5.75 Å². The van der Waals surface area contributed by atoms with Crippen molar-refractivity contribution in [1.29, 1.82) is 0 Å². The maximum Gasteiger partial charge on any atom is 0.262 e. The van der Waals surface area contributed by atoms with Gasteiger partial charge in [-0.25, -0.2) is 0 Å². The molecule has 0 unspecified atom stereocenters. The minimum atomic E-state index is -0.180. The number of hydrogen-bond acceptors (Lipinski definition) is 5. The summed E-state index contributed by atoms with van der Waals surface area (Å²) in [5, 5.41) is 6.27. The summed E-state index contributed by atoms with van der Waals surface area (Å²) in [6.07, 6.45) is 0. The number of benzene rings is 3. The molecule has 0 radical (unpaired) electrons. The minimum absolute atomic E-state index is 0.0268. The first-order chi connectivity index (χ1) is 15.7. The van der Waals surface area contributed by atoms with E-state index >= 15 is 0 Å². The highest BCUT2D eigenvalue weighted by Crippen LogP contribution is 2.20. The van der Waals surface area contributed by atoms with Crippen molar-refractivity contribution in [2.24, 2.45) is 0 Å². The van der Waals surface area contributed by atoms with Gasteiger partial charge in [-0.3, -0.25) is 4.79 Å². The summed E-state index contributed by atoms with van der Waals surface area (Å²) in [6.45, 7) is 6.15. The fourth-order valence-electron chi connectivity index (χ4n) is 3.50. The molecule has 166 valence electrons. The Morgan fingerprint density at radius 1 is 0.906 bits per heavy atom. The first kappa shape index (κ1) is 21.7. The van der Waals surface area contributed by atoms with Crippen molar-refractivity contribution in [3.63, 3.8) is 0 Å². The van der Waals surface area contributed by atoms with Crippen LogP contribution in [-0.2, 0) is 16.1 Å². The van der Waals surface area contributed by atoms with Crippen molar-refractivity contribution in [2.45, 2.75) is 13.5 Å². The molecule has 0 aromatic heterocycles. The minimum Gasteiger partial charge on any atom is -0.484 e. The molecular formula is C26H29N3O3. The van der Waals surface area contributed by atoms with Gasteiger partial charge in [-0.1, -0.05) is 29.8 Å². The van der Waals surface area contributed by atoms with Crippen LogP contribution in [0, 0.1) is 6.92 Å². The lowest BCUT2D eigenvalue weighted by Gasteiger charge is -2.28. The Kier molecular flexibility index (Phi) is 7.25. The van der Waals surface area contributed by atoms with Crippen LogP contribution < -0.4 is 20.3 Å². The van der Waals surface area contributed by atoms with Crippen molar-refractivity contribution in [2.75, 3.05) is 48.4 Å². The number of amides is 1. The Morgan fingerprint density at radius 2 is 1.56 bits per heavy atom. The third-order valence-electron chi connectivity index (χ3n) is 5.37. The quantitative estimate of drug-likeness (QED) is 0.551. The van der Waals surface area contributed by atoms with Gasteiger partial charge in [-0.2, -0.15) is 0 Å². The predicted octanol–water partition coefficient (Wildman–Crippen LogP) is 4.46.